The van der Waals surface area contributed by atoms with Gasteiger partial charge in [-0.1, -0.05) is 98.4 Å². The highest BCUT2D eigenvalue weighted by Crippen LogP contribution is 2.34. The Labute approximate surface area is 190 Å². The fourth-order valence-electron chi connectivity index (χ4n) is 4.20. The minimum atomic E-state index is -0.0154. The largest absolute Gasteiger partial charge is 0.378 e. The van der Waals surface area contributed by atoms with Crippen LogP contribution in [0.3, 0.4) is 0 Å². The van der Waals surface area contributed by atoms with Gasteiger partial charge in [0.15, 0.2) is 0 Å². The smallest absolute Gasteiger partial charge is 0.254 e. The first-order chi connectivity index (χ1) is 15.7. The summed E-state index contributed by atoms with van der Waals surface area (Å²) in [5.74, 6) is -0.0154. The van der Waals surface area contributed by atoms with Gasteiger partial charge in [-0.15, -0.1) is 0 Å². The zero-order chi connectivity index (χ0) is 22.3. The van der Waals surface area contributed by atoms with Crippen molar-refractivity contribution in [2.45, 2.75) is 13.3 Å². The molecule has 0 aliphatic carbocycles. The maximum Gasteiger partial charge on any atom is 0.254 e. The number of carbonyl (C=O) groups is 1. The molecule has 0 atom stereocenters. The van der Waals surface area contributed by atoms with Crippen LogP contribution < -0.4 is 0 Å². The summed E-state index contributed by atoms with van der Waals surface area (Å²) >= 11 is 0. The van der Waals surface area contributed by atoms with E-state index in [0.717, 1.165) is 17.5 Å². The van der Waals surface area contributed by atoms with E-state index in [1.54, 1.807) is 0 Å². The van der Waals surface area contributed by atoms with Gasteiger partial charge in [0.05, 0.1) is 13.2 Å². The van der Waals surface area contributed by atoms with Crippen LogP contribution >= 0.6 is 0 Å². The van der Waals surface area contributed by atoms with Gasteiger partial charge in [-0.2, -0.15) is 0 Å². The third kappa shape index (κ3) is 4.74. The first kappa shape index (κ1) is 21.8. The number of nitrogens with zero attached hydrogens (tertiary/aromatic N) is 1. The van der Waals surface area contributed by atoms with Crippen molar-refractivity contribution in [2.24, 2.45) is 0 Å². The molecule has 32 heavy (non-hydrogen) atoms. The fraction of sp³-hybridized carbons (Fsp3) is 0.207. The van der Waals surface area contributed by atoms with Crippen molar-refractivity contribution in [3.8, 4) is 0 Å². The van der Waals surface area contributed by atoms with Crippen LogP contribution in [0.25, 0.3) is 16.7 Å². The van der Waals surface area contributed by atoms with Crippen LogP contribution in [-0.4, -0.2) is 37.1 Å². The molecule has 3 aromatic carbocycles. The topological polar surface area (TPSA) is 29.5 Å². The molecule has 3 heteroatoms. The average Bonchev–Trinajstić information content (AvgIpc) is 2.88. The van der Waals surface area contributed by atoms with E-state index < -0.39 is 0 Å². The van der Waals surface area contributed by atoms with E-state index in [1.165, 1.54) is 22.3 Å². The Morgan fingerprint density at radius 1 is 0.781 bits per heavy atom. The molecule has 1 aliphatic rings. The SMILES string of the molecule is C=C(C(=O)N1CCOCC1)c1ccc(C(=C(CC)c2ccccc2)c2ccccc2)cc1. The van der Waals surface area contributed by atoms with Crippen molar-refractivity contribution in [3.63, 3.8) is 0 Å². The molecule has 3 aromatic rings. The van der Waals surface area contributed by atoms with E-state index in [4.69, 9.17) is 4.74 Å². The molecule has 1 amide bonds. The Kier molecular flexibility index (Phi) is 6.98. The minimum absolute atomic E-state index is 0.0154. The number of rotatable bonds is 6. The second-order valence-corrected chi connectivity index (χ2v) is 7.90. The van der Waals surface area contributed by atoms with Crippen LogP contribution in [0.5, 0.6) is 0 Å². The monoisotopic (exact) mass is 423 g/mol. The minimum Gasteiger partial charge on any atom is -0.378 e. The van der Waals surface area contributed by atoms with Crippen molar-refractivity contribution in [3.05, 3.63) is 114 Å². The molecule has 0 unspecified atom stereocenters. The molecule has 0 N–H and O–H groups in total. The third-order valence-corrected chi connectivity index (χ3v) is 5.92. The van der Waals surface area contributed by atoms with E-state index in [0.29, 0.717) is 31.9 Å². The molecule has 0 bridgehead atoms. The van der Waals surface area contributed by atoms with Gasteiger partial charge in [-0.05, 0) is 39.8 Å². The number of allylic oxidation sites excluding steroid dienone is 1. The average molecular weight is 424 g/mol. The second-order valence-electron chi connectivity index (χ2n) is 7.90. The number of carbonyl (C=O) groups excluding carboxylic acids is 1. The summed E-state index contributed by atoms with van der Waals surface area (Å²) in [5, 5.41) is 0. The lowest BCUT2D eigenvalue weighted by Gasteiger charge is -2.27. The van der Waals surface area contributed by atoms with E-state index >= 15 is 0 Å². The first-order valence-electron chi connectivity index (χ1n) is 11.2. The summed E-state index contributed by atoms with van der Waals surface area (Å²) in [6.45, 7) is 8.69. The summed E-state index contributed by atoms with van der Waals surface area (Å²) in [6.07, 6.45) is 0.915. The quantitative estimate of drug-likeness (QED) is 0.363. The Bertz CT molecular complexity index is 1090. The predicted molar refractivity (Wildman–Crippen MR) is 132 cm³/mol. The maximum atomic E-state index is 12.8. The van der Waals surface area contributed by atoms with Gasteiger partial charge in [-0.3, -0.25) is 4.79 Å². The Morgan fingerprint density at radius 3 is 1.84 bits per heavy atom. The lowest BCUT2D eigenvalue weighted by Crippen LogP contribution is -2.40. The summed E-state index contributed by atoms with van der Waals surface area (Å²) in [6, 6.07) is 29.3. The zero-order valence-corrected chi connectivity index (χ0v) is 18.6. The molecule has 0 spiro atoms. The summed E-state index contributed by atoms with van der Waals surface area (Å²) in [7, 11) is 0. The van der Waals surface area contributed by atoms with Crippen LogP contribution in [0.1, 0.15) is 35.6 Å². The van der Waals surface area contributed by atoms with Gasteiger partial charge >= 0.3 is 0 Å². The molecule has 1 fully saturated rings. The van der Waals surface area contributed by atoms with Crippen molar-refractivity contribution in [1.29, 1.82) is 0 Å². The van der Waals surface area contributed by atoms with Gasteiger partial charge in [0, 0.05) is 18.7 Å². The molecule has 1 saturated heterocycles. The van der Waals surface area contributed by atoms with Crippen LogP contribution in [0, 0.1) is 0 Å². The van der Waals surface area contributed by atoms with Crippen LogP contribution in [0.4, 0.5) is 0 Å². The lowest BCUT2D eigenvalue weighted by molar-refractivity contribution is -0.128. The van der Waals surface area contributed by atoms with E-state index in [9.17, 15) is 4.79 Å². The highest BCUT2D eigenvalue weighted by molar-refractivity contribution is 6.18. The number of morpholine rings is 1. The second kappa shape index (κ2) is 10.3. The number of ether oxygens (including phenoxy) is 1. The predicted octanol–water partition coefficient (Wildman–Crippen LogP) is 5.93. The molecule has 0 radical (unpaired) electrons. The molecule has 3 nitrogen and oxygen atoms in total. The van der Waals surface area contributed by atoms with Crippen molar-refractivity contribution < 1.29 is 9.53 Å². The number of hydrogen-bond donors (Lipinski definition) is 0. The number of amides is 1. The van der Waals surface area contributed by atoms with Crippen LogP contribution in [-0.2, 0) is 9.53 Å². The molecular formula is C29H29NO2. The third-order valence-electron chi connectivity index (χ3n) is 5.92. The van der Waals surface area contributed by atoms with Gasteiger partial charge in [-0.25, -0.2) is 0 Å². The lowest BCUT2D eigenvalue weighted by atomic mass is 9.87. The van der Waals surface area contributed by atoms with Crippen molar-refractivity contribution in [2.75, 3.05) is 26.3 Å². The van der Waals surface area contributed by atoms with Gasteiger partial charge in [0.2, 0.25) is 0 Å². The molecule has 1 heterocycles. The van der Waals surface area contributed by atoms with Gasteiger partial charge < -0.3 is 9.64 Å². The van der Waals surface area contributed by atoms with Crippen LogP contribution in [0.15, 0.2) is 91.5 Å². The maximum absolute atomic E-state index is 12.8. The molecule has 1 aliphatic heterocycles. The van der Waals surface area contributed by atoms with Gasteiger partial charge in [0.1, 0.15) is 0 Å². The molecule has 0 saturated carbocycles. The highest BCUT2D eigenvalue weighted by Gasteiger charge is 2.20. The highest BCUT2D eigenvalue weighted by atomic mass is 16.5. The normalized spacial score (nSPS) is 14.6. The summed E-state index contributed by atoms with van der Waals surface area (Å²) in [5.41, 5.74) is 7.45. The Morgan fingerprint density at radius 2 is 1.28 bits per heavy atom. The van der Waals surface area contributed by atoms with E-state index in [1.807, 2.05) is 29.2 Å². The molecular weight excluding hydrogens is 394 g/mol. The summed E-state index contributed by atoms with van der Waals surface area (Å²) < 4.78 is 5.36. The Balaban J connectivity index is 1.71. The van der Waals surface area contributed by atoms with E-state index in [-0.39, 0.29) is 5.91 Å². The van der Waals surface area contributed by atoms with Gasteiger partial charge in [0.25, 0.3) is 5.91 Å². The van der Waals surface area contributed by atoms with Crippen LogP contribution in [0.2, 0.25) is 0 Å². The summed E-state index contributed by atoms with van der Waals surface area (Å²) in [4.78, 5) is 14.7. The first-order valence-corrected chi connectivity index (χ1v) is 11.2. The van der Waals surface area contributed by atoms with E-state index in [2.05, 4.69) is 74.2 Å². The number of benzene rings is 3. The molecule has 162 valence electrons. The molecule has 0 aromatic heterocycles. The fourth-order valence-corrected chi connectivity index (χ4v) is 4.20. The number of hydrogen-bond acceptors (Lipinski definition) is 2. The zero-order valence-electron chi connectivity index (χ0n) is 18.6. The van der Waals surface area contributed by atoms with Crippen molar-refractivity contribution in [1.82, 2.24) is 4.90 Å². The van der Waals surface area contributed by atoms with Crippen molar-refractivity contribution >= 4 is 22.6 Å². The Hall–Kier alpha value is -3.43. The standard InChI is InChI=1S/C29H29NO2/c1-3-27(24-10-6-4-7-11-24)28(25-12-8-5-9-13-25)26-16-14-23(15-17-26)22(2)29(31)30-18-20-32-21-19-30/h4-17H,2-3,18-21H2,1H3. The molecule has 4 rings (SSSR count).